The molecule has 20 heavy (non-hydrogen) atoms. The minimum absolute atomic E-state index is 0.138. The van der Waals surface area contributed by atoms with E-state index in [-0.39, 0.29) is 23.2 Å². The number of anilines is 1. The molecule has 2 unspecified atom stereocenters. The van der Waals surface area contributed by atoms with Crippen molar-refractivity contribution in [3.8, 4) is 0 Å². The average Bonchev–Trinajstić information content (AvgIpc) is 2.74. The Hall–Kier alpha value is -1.89. The first-order valence-electron chi connectivity index (χ1n) is 5.92. The van der Waals surface area contributed by atoms with E-state index < -0.39 is 28.3 Å². The van der Waals surface area contributed by atoms with Gasteiger partial charge in [0.2, 0.25) is 0 Å². The molecule has 1 N–H and O–H groups in total. The van der Waals surface area contributed by atoms with E-state index in [0.717, 1.165) is 6.07 Å². The quantitative estimate of drug-likeness (QED) is 0.685. The number of carboxylic acid groups (broad SMARTS) is 1. The van der Waals surface area contributed by atoms with Gasteiger partial charge >= 0.3 is 5.97 Å². The number of rotatable bonds is 3. The number of carbonyl (C=O) groups is 1. The summed E-state index contributed by atoms with van der Waals surface area (Å²) >= 11 is 5.66. The summed E-state index contributed by atoms with van der Waals surface area (Å²) in [4.78, 5) is 22.9. The van der Waals surface area contributed by atoms with Crippen LogP contribution >= 0.6 is 11.6 Å². The zero-order valence-electron chi connectivity index (χ0n) is 10.5. The van der Waals surface area contributed by atoms with Crippen molar-refractivity contribution in [3.05, 3.63) is 33.1 Å². The molecule has 2 rings (SSSR count). The van der Waals surface area contributed by atoms with Crippen LogP contribution < -0.4 is 4.90 Å². The summed E-state index contributed by atoms with van der Waals surface area (Å²) < 4.78 is 13.3. The van der Waals surface area contributed by atoms with E-state index in [1.54, 1.807) is 11.8 Å². The van der Waals surface area contributed by atoms with Gasteiger partial charge in [0.25, 0.3) is 5.69 Å². The zero-order valence-corrected chi connectivity index (χ0v) is 11.3. The predicted octanol–water partition coefficient (Wildman–Crippen LogP) is 2.54. The number of hydrogen-bond acceptors (Lipinski definition) is 4. The van der Waals surface area contributed by atoms with Crippen LogP contribution in [-0.2, 0) is 4.79 Å². The fourth-order valence-electron chi connectivity index (χ4n) is 2.41. The van der Waals surface area contributed by atoms with Gasteiger partial charge in [0, 0.05) is 13.1 Å². The summed E-state index contributed by atoms with van der Waals surface area (Å²) in [5.41, 5.74) is -0.262. The van der Waals surface area contributed by atoms with Gasteiger partial charge in [-0.2, -0.15) is 0 Å². The van der Waals surface area contributed by atoms with E-state index >= 15 is 0 Å². The maximum atomic E-state index is 13.3. The first-order chi connectivity index (χ1) is 9.31. The first-order valence-corrected chi connectivity index (χ1v) is 6.30. The molecule has 0 aromatic heterocycles. The van der Waals surface area contributed by atoms with E-state index in [9.17, 15) is 19.3 Å². The second kappa shape index (κ2) is 5.24. The molecule has 8 heteroatoms. The predicted molar refractivity (Wildman–Crippen MR) is 70.6 cm³/mol. The lowest BCUT2D eigenvalue weighted by Gasteiger charge is -2.18. The highest BCUT2D eigenvalue weighted by atomic mass is 35.5. The number of hydrogen-bond donors (Lipinski definition) is 1. The van der Waals surface area contributed by atoms with Crippen molar-refractivity contribution in [2.24, 2.45) is 11.8 Å². The molecule has 0 amide bonds. The molecule has 1 aliphatic heterocycles. The minimum Gasteiger partial charge on any atom is -0.481 e. The average molecular weight is 303 g/mol. The molecule has 2 atom stereocenters. The normalized spacial score (nSPS) is 22.1. The van der Waals surface area contributed by atoms with Gasteiger partial charge in [-0.1, -0.05) is 18.5 Å². The molecule has 6 nitrogen and oxygen atoms in total. The lowest BCUT2D eigenvalue weighted by Crippen LogP contribution is -2.23. The number of halogens is 2. The molecular weight excluding hydrogens is 291 g/mol. The van der Waals surface area contributed by atoms with Gasteiger partial charge in [0.05, 0.1) is 21.9 Å². The summed E-state index contributed by atoms with van der Waals surface area (Å²) in [5, 5.41) is 19.8. The number of nitro benzene ring substituents is 1. The summed E-state index contributed by atoms with van der Waals surface area (Å²) in [6, 6.07) is 1.93. The van der Waals surface area contributed by atoms with Gasteiger partial charge < -0.3 is 10.0 Å². The van der Waals surface area contributed by atoms with E-state index in [4.69, 9.17) is 16.7 Å². The summed E-state index contributed by atoms with van der Waals surface area (Å²) in [7, 11) is 0. The SMILES string of the molecule is CC1CN(c2cc(Cl)c(F)cc2[N+](=O)[O-])CC1C(=O)O. The van der Waals surface area contributed by atoms with Crippen molar-refractivity contribution >= 4 is 28.9 Å². The Morgan fingerprint density at radius 1 is 1.55 bits per heavy atom. The first kappa shape index (κ1) is 14.5. The van der Waals surface area contributed by atoms with Crippen molar-refractivity contribution in [2.45, 2.75) is 6.92 Å². The molecule has 0 saturated carbocycles. The molecule has 0 bridgehead atoms. The van der Waals surface area contributed by atoms with Crippen LogP contribution in [0, 0.1) is 27.8 Å². The molecule has 1 aromatic carbocycles. The van der Waals surface area contributed by atoms with Crippen molar-refractivity contribution in [1.29, 1.82) is 0 Å². The van der Waals surface area contributed by atoms with Crippen LogP contribution in [0.3, 0.4) is 0 Å². The van der Waals surface area contributed by atoms with Gasteiger partial charge in [0.1, 0.15) is 11.5 Å². The zero-order chi connectivity index (χ0) is 15.0. The lowest BCUT2D eigenvalue weighted by molar-refractivity contribution is -0.384. The standard InChI is InChI=1S/C12H12ClFN2O4/c1-6-4-15(5-7(6)12(17)18)10-2-8(13)9(14)3-11(10)16(19)20/h2-3,6-7H,4-5H2,1H3,(H,17,18). The molecular formula is C12H12ClFN2O4. The smallest absolute Gasteiger partial charge is 0.308 e. The number of nitrogens with zero attached hydrogens (tertiary/aromatic N) is 2. The molecule has 1 aromatic rings. The van der Waals surface area contributed by atoms with Crippen LogP contribution in [-0.4, -0.2) is 29.1 Å². The minimum atomic E-state index is -0.948. The Labute approximate surface area is 118 Å². The Kier molecular flexibility index (Phi) is 3.80. The van der Waals surface area contributed by atoms with Crippen LogP contribution in [0.25, 0.3) is 0 Å². The molecule has 108 valence electrons. The van der Waals surface area contributed by atoms with Crippen LogP contribution in [0.1, 0.15) is 6.92 Å². The monoisotopic (exact) mass is 302 g/mol. The number of benzene rings is 1. The van der Waals surface area contributed by atoms with Crippen LogP contribution in [0.4, 0.5) is 15.8 Å². The van der Waals surface area contributed by atoms with Gasteiger partial charge in [-0.3, -0.25) is 14.9 Å². The molecule has 1 fully saturated rings. The summed E-state index contributed by atoms with van der Waals surface area (Å²) in [5.74, 6) is -2.59. The molecule has 0 aliphatic carbocycles. The lowest BCUT2D eigenvalue weighted by atomic mass is 9.99. The Balaban J connectivity index is 2.41. The van der Waals surface area contributed by atoms with Crippen molar-refractivity contribution in [3.63, 3.8) is 0 Å². The molecule has 0 radical (unpaired) electrons. The van der Waals surface area contributed by atoms with Gasteiger partial charge in [-0.05, 0) is 12.0 Å². The molecule has 1 aliphatic rings. The molecule has 0 spiro atoms. The van der Waals surface area contributed by atoms with E-state index in [0.29, 0.717) is 6.54 Å². The van der Waals surface area contributed by atoms with E-state index in [1.165, 1.54) is 6.07 Å². The maximum Gasteiger partial charge on any atom is 0.308 e. The molecule has 1 heterocycles. The Morgan fingerprint density at radius 2 is 2.20 bits per heavy atom. The fourth-order valence-corrected chi connectivity index (χ4v) is 2.57. The summed E-state index contributed by atoms with van der Waals surface area (Å²) in [6.07, 6.45) is 0. The number of aliphatic carboxylic acids is 1. The van der Waals surface area contributed by atoms with E-state index in [1.807, 2.05) is 0 Å². The van der Waals surface area contributed by atoms with Gasteiger partial charge in [-0.15, -0.1) is 0 Å². The third kappa shape index (κ3) is 2.53. The highest BCUT2D eigenvalue weighted by Gasteiger charge is 2.37. The Bertz CT molecular complexity index is 581. The highest BCUT2D eigenvalue weighted by Crippen LogP contribution is 2.37. The topological polar surface area (TPSA) is 83.7 Å². The number of nitro groups is 1. The van der Waals surface area contributed by atoms with Crippen LogP contribution in [0.15, 0.2) is 12.1 Å². The van der Waals surface area contributed by atoms with Gasteiger partial charge in [-0.25, -0.2) is 4.39 Å². The van der Waals surface area contributed by atoms with Gasteiger partial charge in [0.15, 0.2) is 0 Å². The highest BCUT2D eigenvalue weighted by molar-refractivity contribution is 6.31. The maximum absolute atomic E-state index is 13.3. The fraction of sp³-hybridized carbons (Fsp3) is 0.417. The third-order valence-corrected chi connectivity index (χ3v) is 3.77. The largest absolute Gasteiger partial charge is 0.481 e. The third-order valence-electron chi connectivity index (χ3n) is 3.48. The van der Waals surface area contributed by atoms with E-state index in [2.05, 4.69) is 0 Å². The van der Waals surface area contributed by atoms with Crippen LogP contribution in [0.5, 0.6) is 0 Å². The number of carboxylic acids is 1. The van der Waals surface area contributed by atoms with Crippen LogP contribution in [0.2, 0.25) is 5.02 Å². The van der Waals surface area contributed by atoms with Crippen molar-refractivity contribution in [2.75, 3.05) is 18.0 Å². The summed E-state index contributed by atoms with van der Waals surface area (Å²) in [6.45, 7) is 2.24. The Morgan fingerprint density at radius 3 is 2.70 bits per heavy atom. The molecule has 1 saturated heterocycles. The van der Waals surface area contributed by atoms with Crippen molar-refractivity contribution in [1.82, 2.24) is 0 Å². The van der Waals surface area contributed by atoms with Crippen molar-refractivity contribution < 1.29 is 19.2 Å². The second-order valence-corrected chi connectivity index (χ2v) is 5.25. The second-order valence-electron chi connectivity index (χ2n) is 4.84.